The predicted octanol–water partition coefficient (Wildman–Crippen LogP) is -3.92. The number of fused-ring (bicyclic) bond motifs is 2. The zero-order chi connectivity index (χ0) is 35.0. The topological polar surface area (TPSA) is 293 Å². The van der Waals surface area contributed by atoms with E-state index in [0.29, 0.717) is 11.3 Å². The van der Waals surface area contributed by atoms with Crippen molar-refractivity contribution in [2.24, 2.45) is 20.5 Å². The number of methoxy groups -OCH3 is 1. The fraction of sp³-hybridized carbons (Fsp3) is 0.0357. The molecule has 0 saturated carbocycles. The van der Waals surface area contributed by atoms with E-state index in [0.717, 1.165) is 30.3 Å². The number of benzene rings is 5. The van der Waals surface area contributed by atoms with Gasteiger partial charge in [-0.1, -0.05) is 6.07 Å². The molecular weight excluding hydrogens is 762 g/mol. The molecule has 5 aromatic carbocycles. The number of nitrogens with two attached hydrogens (primary N) is 1. The van der Waals surface area contributed by atoms with Crippen molar-refractivity contribution in [3.05, 3.63) is 78.4 Å². The van der Waals surface area contributed by atoms with E-state index in [1.165, 1.54) is 25.3 Å². The quantitative estimate of drug-likeness (QED) is 0.0246. The largest absolute Gasteiger partial charge is 1.00 e. The third kappa shape index (κ3) is 10.4. The van der Waals surface area contributed by atoms with Crippen LogP contribution < -0.4 is 98.6 Å². The van der Waals surface area contributed by atoms with E-state index in [9.17, 15) is 39.8 Å². The van der Waals surface area contributed by atoms with Crippen molar-refractivity contribution in [1.29, 1.82) is 5.41 Å². The van der Waals surface area contributed by atoms with Crippen molar-refractivity contribution in [3.63, 3.8) is 0 Å². The van der Waals surface area contributed by atoms with Gasteiger partial charge in [-0.3, -0.25) is 5.41 Å². The smallest absolute Gasteiger partial charge is 0.744 e. The van der Waals surface area contributed by atoms with E-state index in [2.05, 4.69) is 20.5 Å². The number of rotatable bonds is 9. The van der Waals surface area contributed by atoms with Gasteiger partial charge >= 0.3 is 88.7 Å². The molecular formula is C28H19N6Na3O11S3. The molecule has 0 aliphatic heterocycles. The molecule has 23 heteroatoms. The number of ether oxygens (including phenoxy) is 1. The van der Waals surface area contributed by atoms with E-state index < -0.39 is 64.3 Å². The third-order valence-corrected chi connectivity index (χ3v) is 8.74. The second-order valence-electron chi connectivity index (χ2n) is 9.67. The fourth-order valence-electron chi connectivity index (χ4n) is 4.48. The molecule has 0 saturated heterocycles. The number of phenolic OH excluding ortho intramolecular Hbond substituents is 1. The number of anilines is 1. The molecule has 0 heterocycles. The summed E-state index contributed by atoms with van der Waals surface area (Å²) in [6.45, 7) is 0. The van der Waals surface area contributed by atoms with Gasteiger partial charge in [0.15, 0.2) is 17.2 Å². The minimum Gasteiger partial charge on any atom is -0.744 e. The van der Waals surface area contributed by atoms with Crippen molar-refractivity contribution in [3.8, 4) is 11.5 Å². The molecule has 4 N–H and O–H groups in total. The second kappa shape index (κ2) is 18.1. The molecule has 0 bridgehead atoms. The number of hydrogen-bond acceptors (Lipinski definition) is 17. The first-order valence-electron chi connectivity index (χ1n) is 13.0. The molecule has 1 atom stereocenters. The zero-order valence-electron chi connectivity index (χ0n) is 27.0. The maximum atomic E-state index is 11.8. The first-order valence-corrected chi connectivity index (χ1v) is 16.8. The van der Waals surface area contributed by atoms with Gasteiger partial charge in [0, 0.05) is 27.4 Å². The SMILES string of the molecule is COC(=N)c1ccc(N=Nc2ccc(N=Nc3c(OS(=O)[O-])cc4cc(S(=O)(=O)[O-])c(N)cc4c3O)c3cc(S(=O)(=O)[O-])ccc23)cc1.[Na+].[Na+].[Na+]. The Kier molecular flexibility index (Phi) is 15.9. The van der Waals surface area contributed by atoms with E-state index in [4.69, 9.17) is 20.1 Å². The van der Waals surface area contributed by atoms with E-state index in [-0.39, 0.29) is 127 Å². The molecule has 51 heavy (non-hydrogen) atoms. The van der Waals surface area contributed by atoms with Crippen molar-refractivity contribution in [2.75, 3.05) is 12.8 Å². The molecule has 1 unspecified atom stereocenters. The Morgan fingerprint density at radius 1 is 0.804 bits per heavy atom. The first-order chi connectivity index (χ1) is 22.6. The molecule has 5 rings (SSSR count). The van der Waals surface area contributed by atoms with E-state index >= 15 is 0 Å². The van der Waals surface area contributed by atoms with Crippen LogP contribution in [-0.4, -0.2) is 52.8 Å². The number of aromatic hydroxyl groups is 1. The van der Waals surface area contributed by atoms with Crippen LogP contribution in [0.15, 0.2) is 103 Å². The van der Waals surface area contributed by atoms with Gasteiger partial charge in [0.1, 0.15) is 31.6 Å². The summed E-state index contributed by atoms with van der Waals surface area (Å²) < 4.78 is 103. The van der Waals surface area contributed by atoms with Crippen molar-refractivity contribution >= 4 is 87.5 Å². The maximum Gasteiger partial charge on any atom is 1.00 e. The van der Waals surface area contributed by atoms with Gasteiger partial charge in [0.2, 0.25) is 5.90 Å². The summed E-state index contributed by atoms with van der Waals surface area (Å²) in [7, 11) is -8.63. The van der Waals surface area contributed by atoms with Crippen LogP contribution in [0.5, 0.6) is 11.5 Å². The summed E-state index contributed by atoms with van der Waals surface area (Å²) in [5.74, 6) is -1.44. The molecule has 0 amide bonds. The maximum absolute atomic E-state index is 11.8. The number of hydrogen-bond donors (Lipinski definition) is 3. The van der Waals surface area contributed by atoms with Gasteiger partial charge in [-0.25, -0.2) is 21.0 Å². The monoisotopic (exact) mass is 780 g/mol. The Morgan fingerprint density at radius 3 is 1.98 bits per heavy atom. The summed E-state index contributed by atoms with van der Waals surface area (Å²) in [5.41, 5.74) is 5.67. The summed E-state index contributed by atoms with van der Waals surface area (Å²) in [4.78, 5) is -1.44. The van der Waals surface area contributed by atoms with Crippen LogP contribution in [0.25, 0.3) is 21.5 Å². The first kappa shape index (κ1) is 44.8. The number of azo groups is 2. The number of nitrogens with zero attached hydrogens (tertiary/aromatic N) is 4. The van der Waals surface area contributed by atoms with Gasteiger partial charge in [-0.05, 0) is 72.1 Å². The Morgan fingerprint density at radius 2 is 1.41 bits per heavy atom. The van der Waals surface area contributed by atoms with Crippen molar-refractivity contribution in [1.82, 2.24) is 0 Å². The number of phenols is 1. The third-order valence-electron chi connectivity index (χ3n) is 6.70. The average Bonchev–Trinajstić information content (AvgIpc) is 3.02. The fourth-order valence-corrected chi connectivity index (χ4v) is 5.87. The second-order valence-corrected chi connectivity index (χ2v) is 13.0. The molecule has 17 nitrogen and oxygen atoms in total. The van der Waals surface area contributed by atoms with Gasteiger partial charge in [0.25, 0.3) is 0 Å². The van der Waals surface area contributed by atoms with Crippen LogP contribution in [0.3, 0.4) is 0 Å². The minimum absolute atomic E-state index is 0. The van der Waals surface area contributed by atoms with Crippen molar-refractivity contribution in [2.45, 2.75) is 9.79 Å². The van der Waals surface area contributed by atoms with Crippen molar-refractivity contribution < 1.29 is 137 Å². The Balaban J connectivity index is 0.00000300. The molecule has 0 fully saturated rings. The molecule has 248 valence electrons. The molecule has 5 aromatic rings. The zero-order valence-corrected chi connectivity index (χ0v) is 35.5. The van der Waals surface area contributed by atoms with Gasteiger partial charge in [0.05, 0.1) is 34.0 Å². The molecule has 0 spiro atoms. The van der Waals surface area contributed by atoms with Gasteiger partial charge in [-0.15, -0.1) is 15.3 Å². The normalized spacial score (nSPS) is 12.2. The number of nitrogens with one attached hydrogen (secondary N) is 1. The van der Waals surface area contributed by atoms with Crippen LogP contribution in [0.1, 0.15) is 5.56 Å². The predicted molar refractivity (Wildman–Crippen MR) is 168 cm³/mol. The number of nitrogen functional groups attached to an aromatic ring is 1. The standard InChI is InChI=1S/C28H22N6O11S3.3Na/c1-44-28(30)14-2-4-16(5-3-14)31-32-22-8-9-23(20-12-17(47(38,39)40)6-7-18(20)22)33-34-26-24(45-46(36)37)10-15-11-25(48(41,42)43)21(29)13-19(15)27(26)35;;;/h2-13,30,35H,29H2,1H3,(H,36,37)(H,38,39,40)(H,41,42,43);;;/q;3*+1/p-3. The summed E-state index contributed by atoms with van der Waals surface area (Å²) >= 11 is -3.22. The summed E-state index contributed by atoms with van der Waals surface area (Å²) in [5, 5.41) is 35.1. The van der Waals surface area contributed by atoms with Gasteiger partial charge < -0.3 is 33.4 Å². The van der Waals surface area contributed by atoms with E-state index in [1.54, 1.807) is 24.3 Å². The average molecular weight is 781 g/mol. The van der Waals surface area contributed by atoms with Crippen LogP contribution in [0.4, 0.5) is 28.4 Å². The molecule has 0 aliphatic carbocycles. The molecule has 0 aromatic heterocycles. The van der Waals surface area contributed by atoms with Crippen LogP contribution in [0, 0.1) is 5.41 Å². The molecule has 0 radical (unpaired) electrons. The Hall–Kier alpha value is -2.38. The summed E-state index contributed by atoms with van der Waals surface area (Å²) in [6, 6.07) is 15.2. The van der Waals surface area contributed by atoms with E-state index in [1.807, 2.05) is 0 Å². The Labute approximate surface area is 359 Å². The van der Waals surface area contributed by atoms with Crippen LogP contribution in [-0.2, 0) is 36.3 Å². The summed E-state index contributed by atoms with van der Waals surface area (Å²) in [6.07, 6.45) is 0. The molecule has 0 aliphatic rings. The Bertz CT molecular complexity index is 2450. The van der Waals surface area contributed by atoms with Crippen LogP contribution >= 0.6 is 0 Å². The van der Waals surface area contributed by atoms with Crippen LogP contribution in [0.2, 0.25) is 0 Å². The van der Waals surface area contributed by atoms with Gasteiger partial charge in [-0.2, -0.15) is 5.11 Å². The minimum atomic E-state index is -5.05.